The molecule has 156 valence electrons. The van der Waals surface area contributed by atoms with E-state index in [1.165, 1.54) is 12.1 Å². The summed E-state index contributed by atoms with van der Waals surface area (Å²) in [6, 6.07) is 5.46. The lowest BCUT2D eigenvalue weighted by atomic mass is 9.69. The predicted molar refractivity (Wildman–Crippen MR) is 98.8 cm³/mol. The van der Waals surface area contributed by atoms with Crippen LogP contribution < -0.4 is 4.18 Å². The van der Waals surface area contributed by atoms with Crippen LogP contribution in [0.25, 0.3) is 0 Å². The lowest BCUT2D eigenvalue weighted by Gasteiger charge is -2.36. The fourth-order valence-corrected chi connectivity index (χ4v) is 4.19. The fraction of sp³-hybridized carbons (Fsp3) is 0.647. The molecule has 1 atom stereocenters. The number of rotatable bonds is 6. The Bertz CT molecular complexity index is 861. The van der Waals surface area contributed by atoms with Crippen LogP contribution in [0, 0.1) is 10.8 Å². The van der Waals surface area contributed by atoms with Gasteiger partial charge in [0, 0.05) is 0 Å². The van der Waals surface area contributed by atoms with Gasteiger partial charge in [0.1, 0.15) is 5.75 Å². The van der Waals surface area contributed by atoms with Gasteiger partial charge in [-0.25, -0.2) is 0 Å². The zero-order chi connectivity index (χ0) is 21.5. The minimum absolute atomic E-state index is 0.0218. The molecule has 1 unspecified atom stereocenters. The first-order valence-electron chi connectivity index (χ1n) is 8.17. The van der Waals surface area contributed by atoms with Gasteiger partial charge < -0.3 is 4.18 Å². The highest BCUT2D eigenvalue weighted by atomic mass is 32.3. The molecule has 0 saturated heterocycles. The molecule has 1 aromatic carbocycles. The molecule has 0 heterocycles. The first-order chi connectivity index (χ1) is 11.8. The predicted octanol–water partition coefficient (Wildman–Crippen LogP) is 4.40. The SMILES string of the molecule is CC(C)(C)CC(c1ccc(OS(=O)(=O)C(F)(F)S(=O)(=O)O)cc1)C(C)(C)C. The minimum Gasteiger partial charge on any atom is -0.377 e. The van der Waals surface area contributed by atoms with Gasteiger partial charge in [0.05, 0.1) is 0 Å². The first-order valence-corrected chi connectivity index (χ1v) is 11.0. The highest BCUT2D eigenvalue weighted by molar-refractivity contribution is 8.05. The molecule has 1 aromatic rings. The van der Waals surface area contributed by atoms with E-state index in [0.717, 1.165) is 12.0 Å². The molecule has 10 heteroatoms. The van der Waals surface area contributed by atoms with E-state index in [-0.39, 0.29) is 16.7 Å². The maximum Gasteiger partial charge on any atom is 0.506 e. The summed E-state index contributed by atoms with van der Waals surface area (Å²) in [7, 11) is -12.1. The number of alkyl halides is 2. The second-order valence-corrected chi connectivity index (χ2v) is 12.0. The van der Waals surface area contributed by atoms with Crippen LogP contribution in [0.1, 0.15) is 59.4 Å². The van der Waals surface area contributed by atoms with Crippen molar-refractivity contribution >= 4 is 20.2 Å². The molecule has 1 rings (SSSR count). The second-order valence-electron chi connectivity index (χ2n) is 8.73. The van der Waals surface area contributed by atoms with Crippen molar-refractivity contribution in [2.45, 2.75) is 58.5 Å². The molecule has 0 radical (unpaired) electrons. The molecule has 0 amide bonds. The molecule has 0 aliphatic rings. The van der Waals surface area contributed by atoms with E-state index in [4.69, 9.17) is 4.55 Å². The van der Waals surface area contributed by atoms with Gasteiger partial charge in [-0.3, -0.25) is 4.55 Å². The molecule has 27 heavy (non-hydrogen) atoms. The Morgan fingerprint density at radius 1 is 0.963 bits per heavy atom. The average Bonchev–Trinajstić information content (AvgIpc) is 2.42. The Morgan fingerprint density at radius 2 is 1.41 bits per heavy atom. The summed E-state index contributed by atoms with van der Waals surface area (Å²) in [5, 5.41) is 0. The maximum atomic E-state index is 13.4. The zero-order valence-electron chi connectivity index (χ0n) is 16.2. The van der Waals surface area contributed by atoms with Crippen LogP contribution in [0.4, 0.5) is 8.78 Å². The molecule has 1 N–H and O–H groups in total. The van der Waals surface area contributed by atoms with Gasteiger partial charge >= 0.3 is 24.8 Å². The molecule has 0 saturated carbocycles. The van der Waals surface area contributed by atoms with Crippen molar-refractivity contribution in [1.82, 2.24) is 0 Å². The lowest BCUT2D eigenvalue weighted by molar-refractivity contribution is 0.155. The molecular weight excluding hydrogens is 402 g/mol. The normalized spacial score (nSPS) is 15.4. The van der Waals surface area contributed by atoms with E-state index < -0.39 is 30.6 Å². The molecule has 0 bridgehead atoms. The molecule has 0 spiro atoms. The highest BCUT2D eigenvalue weighted by Gasteiger charge is 2.59. The molecular formula is C17H26F2O6S2. The van der Waals surface area contributed by atoms with E-state index in [1.807, 2.05) is 0 Å². The van der Waals surface area contributed by atoms with Gasteiger partial charge in [-0.05, 0) is 40.9 Å². The summed E-state index contributed by atoms with van der Waals surface area (Å²) in [5.74, 6) is -0.382. The van der Waals surface area contributed by atoms with Crippen LogP contribution in [-0.4, -0.2) is 26.0 Å². The van der Waals surface area contributed by atoms with Crippen molar-refractivity contribution in [2.24, 2.45) is 10.8 Å². The van der Waals surface area contributed by atoms with Crippen molar-refractivity contribution in [3.8, 4) is 5.75 Å². The second kappa shape index (κ2) is 7.29. The largest absolute Gasteiger partial charge is 0.506 e. The summed E-state index contributed by atoms with van der Waals surface area (Å²) in [5.41, 5.74) is 0.775. The van der Waals surface area contributed by atoms with Gasteiger partial charge in [0.15, 0.2) is 0 Å². The summed E-state index contributed by atoms with van der Waals surface area (Å²) in [6.07, 6.45) is 0.829. The number of hydrogen-bond donors (Lipinski definition) is 1. The fourth-order valence-electron chi connectivity index (χ4n) is 2.60. The molecule has 0 aliphatic carbocycles. The summed E-state index contributed by atoms with van der Waals surface area (Å²) in [4.78, 5) is 0. The summed E-state index contributed by atoms with van der Waals surface area (Å²) < 4.78 is 78.2. The highest BCUT2D eigenvalue weighted by Crippen LogP contribution is 2.43. The molecule has 0 aromatic heterocycles. The van der Waals surface area contributed by atoms with Gasteiger partial charge in [0.2, 0.25) is 0 Å². The van der Waals surface area contributed by atoms with Gasteiger partial charge in [-0.15, -0.1) is 0 Å². The molecule has 0 fully saturated rings. The zero-order valence-corrected chi connectivity index (χ0v) is 17.8. The Balaban J connectivity index is 3.18. The smallest absolute Gasteiger partial charge is 0.377 e. The molecule has 6 nitrogen and oxygen atoms in total. The van der Waals surface area contributed by atoms with Crippen LogP contribution in [0.5, 0.6) is 5.75 Å². The summed E-state index contributed by atoms with van der Waals surface area (Å²) in [6.45, 7) is 12.5. The number of benzene rings is 1. The van der Waals surface area contributed by atoms with Crippen LogP contribution >= 0.6 is 0 Å². The van der Waals surface area contributed by atoms with Crippen LogP contribution in [0.15, 0.2) is 24.3 Å². The lowest BCUT2D eigenvalue weighted by Crippen LogP contribution is -2.40. The Hall–Kier alpha value is -1.26. The third-order valence-electron chi connectivity index (χ3n) is 3.94. The van der Waals surface area contributed by atoms with Crippen LogP contribution in [0.2, 0.25) is 0 Å². The summed E-state index contributed by atoms with van der Waals surface area (Å²) >= 11 is 0. The van der Waals surface area contributed by atoms with Crippen LogP contribution in [0.3, 0.4) is 0 Å². The van der Waals surface area contributed by atoms with Crippen molar-refractivity contribution in [3.63, 3.8) is 0 Å². The van der Waals surface area contributed by atoms with Gasteiger partial charge in [-0.2, -0.15) is 25.6 Å². The number of hydrogen-bond acceptors (Lipinski definition) is 5. The average molecular weight is 429 g/mol. The van der Waals surface area contributed by atoms with Gasteiger partial charge in [-0.1, -0.05) is 53.7 Å². The van der Waals surface area contributed by atoms with Crippen molar-refractivity contribution in [2.75, 3.05) is 0 Å². The van der Waals surface area contributed by atoms with E-state index in [2.05, 4.69) is 45.7 Å². The maximum absolute atomic E-state index is 13.4. The third-order valence-corrected chi connectivity index (χ3v) is 6.78. The van der Waals surface area contributed by atoms with Gasteiger partial charge in [0.25, 0.3) is 0 Å². The quantitative estimate of drug-likeness (QED) is 0.533. The standard InChI is InChI=1S/C17H26F2O6S2/c1-15(2,3)11-14(16(4,5)6)12-7-9-13(10-8-12)25-27(23,24)17(18,19)26(20,21)22/h7-10,14H,11H2,1-6H3,(H,20,21,22). The Kier molecular flexibility index (Phi) is 6.42. The third kappa shape index (κ3) is 5.86. The van der Waals surface area contributed by atoms with E-state index in [1.54, 1.807) is 12.1 Å². The van der Waals surface area contributed by atoms with E-state index >= 15 is 0 Å². The van der Waals surface area contributed by atoms with E-state index in [9.17, 15) is 25.6 Å². The van der Waals surface area contributed by atoms with Crippen LogP contribution in [-0.2, 0) is 20.2 Å². The monoisotopic (exact) mass is 428 g/mol. The topological polar surface area (TPSA) is 97.7 Å². The van der Waals surface area contributed by atoms with Crippen molar-refractivity contribution < 1.29 is 34.4 Å². The van der Waals surface area contributed by atoms with Crippen molar-refractivity contribution in [1.29, 1.82) is 0 Å². The minimum atomic E-state index is -6.19. The Labute approximate surface area is 159 Å². The number of halogens is 2. The van der Waals surface area contributed by atoms with E-state index in [0.29, 0.717) is 0 Å². The first kappa shape index (κ1) is 23.8. The van der Waals surface area contributed by atoms with Crippen molar-refractivity contribution in [3.05, 3.63) is 29.8 Å². The molecule has 0 aliphatic heterocycles. The Morgan fingerprint density at radius 3 is 1.74 bits per heavy atom.